The number of hydrogen-bond donors (Lipinski definition) is 3. The number of cyclic esters (lactones) is 1. The van der Waals surface area contributed by atoms with Gasteiger partial charge in [-0.3, -0.25) is 19.1 Å². The molecule has 2 aliphatic carbocycles. The van der Waals surface area contributed by atoms with Crippen LogP contribution in [0.3, 0.4) is 0 Å². The standard InChI is InChI=1S/C39H53N5O9S/c1-51-33-21-25-17-18-40-35-30(25)20-26(33)12-8-4-3-7-11-19-52-38(48)41-31-14-10-6-2-5-9-13-27-23-39(27,37(47)43-54(49,50)29-15-16-29)42-34(45)32-22-28(53-35)24-44(32)36(31)46/h17-18,20-21,27-29,31-32H,2-16,19,22-24H2,1H3,(H,41,48)(H,42,45)(H,43,47). The molecule has 4 amide bonds. The molecule has 0 spiro atoms. The Morgan fingerprint density at radius 3 is 2.50 bits per heavy atom. The molecule has 5 bridgehead atoms. The van der Waals surface area contributed by atoms with Crippen molar-refractivity contribution in [1.82, 2.24) is 25.2 Å². The first-order valence-electron chi connectivity index (χ1n) is 19.8. The molecule has 7 rings (SSSR count). The molecule has 294 valence electrons. The third kappa shape index (κ3) is 8.55. The van der Waals surface area contributed by atoms with Crippen molar-refractivity contribution < 1.29 is 41.8 Å². The van der Waals surface area contributed by atoms with Crippen molar-refractivity contribution >= 4 is 44.6 Å². The average molecular weight is 768 g/mol. The Balaban J connectivity index is 1.21. The number of rotatable bonds is 4. The molecule has 14 nitrogen and oxygen atoms in total. The molecule has 3 aliphatic heterocycles. The topological polar surface area (TPSA) is 182 Å². The molecule has 5 aliphatic rings. The number of carbonyl (C=O) groups is 4. The lowest BCUT2D eigenvalue weighted by Crippen LogP contribution is -2.58. The van der Waals surface area contributed by atoms with Crippen molar-refractivity contribution in [3.63, 3.8) is 0 Å². The Morgan fingerprint density at radius 1 is 0.981 bits per heavy atom. The van der Waals surface area contributed by atoms with Crippen molar-refractivity contribution in [3.8, 4) is 11.6 Å². The third-order valence-electron chi connectivity index (χ3n) is 11.8. The number of hydrogen-bond acceptors (Lipinski definition) is 10. The summed E-state index contributed by atoms with van der Waals surface area (Å²) in [6.07, 6.45) is 12.2. The Kier molecular flexibility index (Phi) is 11.5. The van der Waals surface area contributed by atoms with Crippen molar-refractivity contribution in [3.05, 3.63) is 30.0 Å². The van der Waals surface area contributed by atoms with Gasteiger partial charge in [-0.15, -0.1) is 0 Å². The maximum Gasteiger partial charge on any atom is 0.407 e. The number of ether oxygens (including phenoxy) is 3. The molecule has 2 saturated carbocycles. The highest BCUT2D eigenvalue weighted by Crippen LogP contribution is 2.48. The minimum absolute atomic E-state index is 0.0317. The van der Waals surface area contributed by atoms with E-state index in [0.29, 0.717) is 50.8 Å². The van der Waals surface area contributed by atoms with Gasteiger partial charge in [-0.2, -0.15) is 0 Å². The normalized spacial score (nSPS) is 29.1. The molecule has 5 unspecified atom stereocenters. The highest BCUT2D eigenvalue weighted by Gasteiger charge is 2.62. The largest absolute Gasteiger partial charge is 0.496 e. The van der Waals surface area contributed by atoms with Crippen LogP contribution in [0.1, 0.15) is 108 Å². The number of carbonyl (C=O) groups excluding carboxylic acids is 4. The van der Waals surface area contributed by atoms with E-state index in [0.717, 1.165) is 79.9 Å². The van der Waals surface area contributed by atoms with Crippen LogP contribution in [0.15, 0.2) is 24.4 Å². The van der Waals surface area contributed by atoms with Crippen LogP contribution in [0.2, 0.25) is 0 Å². The number of methoxy groups -OCH3 is 1. The summed E-state index contributed by atoms with van der Waals surface area (Å²) in [6, 6.07) is 3.91. The average Bonchev–Trinajstić information content (AvgIpc) is 4.07. The predicted octanol–water partition coefficient (Wildman–Crippen LogP) is 4.42. The first-order valence-corrected chi connectivity index (χ1v) is 21.4. The van der Waals surface area contributed by atoms with Crippen LogP contribution in [-0.2, 0) is 35.6 Å². The summed E-state index contributed by atoms with van der Waals surface area (Å²) in [5.41, 5.74) is -0.370. The molecule has 1 aromatic heterocycles. The maximum absolute atomic E-state index is 14.5. The lowest BCUT2D eigenvalue weighted by Gasteiger charge is -2.29. The monoisotopic (exact) mass is 767 g/mol. The van der Waals surface area contributed by atoms with Crippen molar-refractivity contribution in [2.24, 2.45) is 5.92 Å². The molecule has 3 N–H and O–H groups in total. The number of aromatic nitrogens is 1. The van der Waals surface area contributed by atoms with Crippen LogP contribution in [0, 0.1) is 5.92 Å². The van der Waals surface area contributed by atoms with E-state index >= 15 is 0 Å². The van der Waals surface area contributed by atoms with Gasteiger partial charge >= 0.3 is 6.09 Å². The van der Waals surface area contributed by atoms with Gasteiger partial charge in [0.25, 0.3) is 5.91 Å². The van der Waals surface area contributed by atoms with E-state index in [1.54, 1.807) is 13.3 Å². The number of aryl methyl sites for hydroxylation is 1. The smallest absolute Gasteiger partial charge is 0.407 e. The third-order valence-corrected chi connectivity index (χ3v) is 13.6. The molecule has 4 heterocycles. The van der Waals surface area contributed by atoms with Crippen LogP contribution in [0.25, 0.3) is 10.8 Å². The minimum Gasteiger partial charge on any atom is -0.496 e. The SMILES string of the molecule is COc1cc2ccnc3c2cc1CCCCCCCOC(=O)NC1CCCCCCCC2CC2(C(=O)NS(=O)(=O)C2CC2)NC(=O)C2CC(CN2C1=O)O3. The highest BCUT2D eigenvalue weighted by atomic mass is 32.2. The summed E-state index contributed by atoms with van der Waals surface area (Å²) in [4.78, 5) is 61.7. The first-order chi connectivity index (χ1) is 26.1. The summed E-state index contributed by atoms with van der Waals surface area (Å²) in [5, 5.41) is 6.82. The van der Waals surface area contributed by atoms with Crippen LogP contribution >= 0.6 is 0 Å². The lowest BCUT2D eigenvalue weighted by molar-refractivity contribution is -0.141. The Labute approximate surface area is 316 Å². The fourth-order valence-corrected chi connectivity index (χ4v) is 9.77. The molecular formula is C39H53N5O9S. The fourth-order valence-electron chi connectivity index (χ4n) is 8.41. The molecular weight excluding hydrogens is 715 g/mol. The van der Waals surface area contributed by atoms with Crippen molar-refractivity contribution in [1.29, 1.82) is 0 Å². The molecule has 54 heavy (non-hydrogen) atoms. The zero-order valence-electron chi connectivity index (χ0n) is 31.1. The van der Waals surface area contributed by atoms with Crippen molar-refractivity contribution in [2.75, 3.05) is 20.3 Å². The second-order valence-corrected chi connectivity index (χ2v) is 17.7. The van der Waals surface area contributed by atoms with Gasteiger partial charge in [0.1, 0.15) is 29.5 Å². The molecule has 5 atom stereocenters. The number of pyridine rings is 1. The number of fused-ring (bicyclic) bond motifs is 4. The fraction of sp³-hybridized carbons (Fsp3) is 0.667. The van der Waals surface area contributed by atoms with Crippen LogP contribution in [-0.4, -0.2) is 91.4 Å². The first kappa shape index (κ1) is 38.1. The van der Waals surface area contributed by atoms with Crippen LogP contribution in [0.5, 0.6) is 11.6 Å². The summed E-state index contributed by atoms with van der Waals surface area (Å²) in [7, 11) is -2.20. The molecule has 0 radical (unpaired) electrons. The van der Waals surface area contributed by atoms with E-state index in [-0.39, 0.29) is 25.5 Å². The van der Waals surface area contributed by atoms with E-state index in [9.17, 15) is 27.6 Å². The van der Waals surface area contributed by atoms with E-state index in [2.05, 4.69) is 20.3 Å². The van der Waals surface area contributed by atoms with Crippen LogP contribution in [0.4, 0.5) is 4.79 Å². The van der Waals surface area contributed by atoms with E-state index in [1.807, 2.05) is 18.2 Å². The number of sulfonamides is 1. The lowest BCUT2D eigenvalue weighted by atomic mass is 10.0. The Bertz CT molecular complexity index is 1850. The minimum atomic E-state index is -3.86. The van der Waals surface area contributed by atoms with Gasteiger partial charge in [-0.25, -0.2) is 18.2 Å². The zero-order chi connectivity index (χ0) is 37.9. The Hall–Kier alpha value is -4.14. The van der Waals surface area contributed by atoms with Gasteiger partial charge in [0.15, 0.2) is 0 Å². The van der Waals surface area contributed by atoms with Gasteiger partial charge in [0.2, 0.25) is 27.7 Å². The van der Waals surface area contributed by atoms with E-state index in [4.69, 9.17) is 14.2 Å². The van der Waals surface area contributed by atoms with Gasteiger partial charge in [-0.05, 0) is 86.4 Å². The quantitative estimate of drug-likeness (QED) is 0.403. The van der Waals surface area contributed by atoms with Gasteiger partial charge in [-0.1, -0.05) is 51.4 Å². The molecule has 1 aromatic carbocycles. The highest BCUT2D eigenvalue weighted by molar-refractivity contribution is 7.91. The van der Waals surface area contributed by atoms with Gasteiger partial charge < -0.3 is 29.7 Å². The molecule has 2 aromatic rings. The molecule has 15 heteroatoms. The second kappa shape index (κ2) is 16.3. The Morgan fingerprint density at radius 2 is 1.72 bits per heavy atom. The van der Waals surface area contributed by atoms with E-state index in [1.165, 1.54) is 4.90 Å². The summed E-state index contributed by atoms with van der Waals surface area (Å²) >= 11 is 0. The summed E-state index contributed by atoms with van der Waals surface area (Å²) in [5.74, 6) is -0.815. The summed E-state index contributed by atoms with van der Waals surface area (Å²) < 4.78 is 45.8. The van der Waals surface area contributed by atoms with E-state index < -0.39 is 62.8 Å². The maximum atomic E-state index is 14.5. The number of amides is 4. The zero-order valence-corrected chi connectivity index (χ0v) is 31.9. The van der Waals surface area contributed by atoms with Crippen LogP contribution < -0.4 is 24.8 Å². The molecule has 4 fully saturated rings. The molecule has 2 saturated heterocycles. The number of nitrogens with one attached hydrogen (secondary N) is 3. The number of alkyl carbamates (subject to hydrolysis) is 1. The summed E-state index contributed by atoms with van der Waals surface area (Å²) in [6.45, 7) is 0.261. The van der Waals surface area contributed by atoms with Gasteiger partial charge in [0, 0.05) is 18.0 Å². The number of benzene rings is 1. The number of nitrogens with zero attached hydrogens (tertiary/aromatic N) is 2. The van der Waals surface area contributed by atoms with Crippen molar-refractivity contribution in [2.45, 2.75) is 138 Å². The second-order valence-electron chi connectivity index (χ2n) is 15.7. The predicted molar refractivity (Wildman–Crippen MR) is 199 cm³/mol. The van der Waals surface area contributed by atoms with Gasteiger partial charge in [0.05, 0.1) is 25.5 Å².